The van der Waals surface area contributed by atoms with E-state index in [9.17, 15) is 23.4 Å². The number of ether oxygens (including phenoxy) is 1. The van der Waals surface area contributed by atoms with E-state index in [1.165, 1.54) is 6.21 Å². The Morgan fingerprint density at radius 2 is 2.00 bits per heavy atom. The molecule has 0 aromatic heterocycles. The van der Waals surface area contributed by atoms with E-state index in [-0.39, 0.29) is 6.61 Å². The first-order chi connectivity index (χ1) is 9.55. The number of aliphatic hydroxyl groups excluding tert-OH is 2. The molecular formula is C11H19F3N3O3S+. The summed E-state index contributed by atoms with van der Waals surface area (Å²) in [4.78, 5) is 1.59. The third kappa shape index (κ3) is 4.60. The predicted molar refractivity (Wildman–Crippen MR) is 75.2 cm³/mol. The summed E-state index contributed by atoms with van der Waals surface area (Å²) >= 11 is 4.06. The molecule has 0 bridgehead atoms. The maximum Gasteiger partial charge on any atom is 0.406 e. The zero-order chi connectivity index (χ0) is 16.4. The normalized spacial score (nSPS) is 31.3. The van der Waals surface area contributed by atoms with Crippen molar-refractivity contribution in [2.75, 3.05) is 20.7 Å². The molecule has 1 heterocycles. The number of hydrogen-bond donors (Lipinski definition) is 4. The van der Waals surface area contributed by atoms with Crippen molar-refractivity contribution >= 4 is 24.0 Å². The van der Waals surface area contributed by atoms with Gasteiger partial charge < -0.3 is 20.7 Å². The monoisotopic (exact) mass is 330 g/mol. The van der Waals surface area contributed by atoms with E-state index < -0.39 is 36.4 Å². The average molecular weight is 330 g/mol. The topological polar surface area (TPSA) is 93.1 Å². The van der Waals surface area contributed by atoms with Gasteiger partial charge >= 0.3 is 11.3 Å². The Morgan fingerprint density at radius 3 is 2.48 bits per heavy atom. The van der Waals surface area contributed by atoms with Crippen LogP contribution >= 0.6 is 12.6 Å². The zero-order valence-corrected chi connectivity index (χ0v) is 12.4. The smallest absolute Gasteiger partial charge is 0.389 e. The maximum absolute atomic E-state index is 12.5. The van der Waals surface area contributed by atoms with Gasteiger partial charge in [0.2, 0.25) is 0 Å². The zero-order valence-electron chi connectivity index (χ0n) is 11.5. The van der Waals surface area contributed by atoms with E-state index in [1.807, 2.05) is 0 Å². The summed E-state index contributed by atoms with van der Waals surface area (Å²) in [6.45, 7) is -0.231. The molecule has 0 aromatic rings. The van der Waals surface area contributed by atoms with Crippen molar-refractivity contribution in [2.45, 2.75) is 30.5 Å². The number of halogens is 3. The summed E-state index contributed by atoms with van der Waals surface area (Å²) in [6, 6.07) is -2.37. The lowest BCUT2D eigenvalue weighted by atomic mass is 9.90. The minimum absolute atomic E-state index is 0.231. The quantitative estimate of drug-likeness (QED) is 0.216. The van der Waals surface area contributed by atoms with E-state index in [0.29, 0.717) is 5.17 Å². The second kappa shape index (κ2) is 6.99. The lowest BCUT2D eigenvalue weighted by molar-refractivity contribution is -0.219. The van der Waals surface area contributed by atoms with Crippen LogP contribution in [-0.2, 0) is 4.74 Å². The average Bonchev–Trinajstić information content (AvgIpc) is 2.38. The Morgan fingerprint density at radius 1 is 1.43 bits per heavy atom. The third-order valence-corrected chi connectivity index (χ3v) is 3.64. The number of nitrogens with two attached hydrogens (primary N) is 1. The fourth-order valence-electron chi connectivity index (χ4n) is 1.78. The largest absolute Gasteiger partial charge is 0.406 e. The summed E-state index contributed by atoms with van der Waals surface area (Å²) in [5.41, 5.74) is 5.01. The van der Waals surface area contributed by atoms with Crippen LogP contribution in [0.1, 0.15) is 0 Å². The van der Waals surface area contributed by atoms with E-state index >= 15 is 0 Å². The molecule has 5 atom stereocenters. The Hall–Kier alpha value is -0.770. The van der Waals surface area contributed by atoms with Crippen molar-refractivity contribution < 1.29 is 28.1 Å². The van der Waals surface area contributed by atoms with Gasteiger partial charge in [-0.15, -0.1) is 0 Å². The van der Waals surface area contributed by atoms with Gasteiger partial charge in [0.15, 0.2) is 6.21 Å². The molecule has 0 radical (unpaired) electrons. The molecule has 1 saturated heterocycles. The highest BCUT2D eigenvalue weighted by Gasteiger charge is 2.50. The number of amidine groups is 1. The number of alkyl halides is 3. The molecule has 0 spiro atoms. The van der Waals surface area contributed by atoms with Crippen molar-refractivity contribution in [1.29, 1.82) is 0 Å². The summed E-state index contributed by atoms with van der Waals surface area (Å²) in [5.74, 6) is -0.751. The molecular weight excluding hydrogens is 311 g/mol. The lowest BCUT2D eigenvalue weighted by Gasteiger charge is -2.38. The summed E-state index contributed by atoms with van der Waals surface area (Å²) in [7, 11) is 3.39. The van der Waals surface area contributed by atoms with Gasteiger partial charge in [-0.25, -0.2) is 9.57 Å². The Bertz CT molecular complexity index is 427. The van der Waals surface area contributed by atoms with Crippen molar-refractivity contribution in [3.05, 3.63) is 0 Å². The van der Waals surface area contributed by atoms with E-state index in [0.717, 1.165) is 0 Å². The molecule has 4 N–H and O–H groups in total. The molecule has 1 fully saturated rings. The van der Waals surface area contributed by atoms with Crippen molar-refractivity contribution in [3.8, 4) is 0 Å². The molecule has 21 heavy (non-hydrogen) atoms. The minimum Gasteiger partial charge on any atom is -0.389 e. The Kier molecular flexibility index (Phi) is 6.09. The first-order valence-corrected chi connectivity index (χ1v) is 6.58. The van der Waals surface area contributed by atoms with Gasteiger partial charge in [-0.05, 0) is 12.6 Å². The van der Waals surface area contributed by atoms with Crippen molar-refractivity contribution in [3.63, 3.8) is 0 Å². The molecule has 0 aliphatic carbocycles. The molecule has 10 heteroatoms. The molecule has 1 aliphatic heterocycles. The van der Waals surface area contributed by atoms with Gasteiger partial charge in [0.25, 0.3) is 0 Å². The molecule has 1 aliphatic rings. The number of thiol groups is 1. The van der Waals surface area contributed by atoms with Crippen LogP contribution in [0.25, 0.3) is 0 Å². The van der Waals surface area contributed by atoms with Crippen LogP contribution in [-0.4, -0.2) is 77.7 Å². The van der Waals surface area contributed by atoms with Crippen LogP contribution in [0.3, 0.4) is 0 Å². The van der Waals surface area contributed by atoms with Crippen molar-refractivity contribution in [1.82, 2.24) is 9.57 Å². The second-order valence-electron chi connectivity index (χ2n) is 4.98. The second-order valence-corrected chi connectivity index (χ2v) is 5.38. The molecule has 0 aromatic carbocycles. The summed E-state index contributed by atoms with van der Waals surface area (Å²) in [5, 5.41) is 20.0. The minimum atomic E-state index is -4.72. The van der Waals surface area contributed by atoms with Crippen LogP contribution in [0, 0.1) is 5.92 Å². The van der Waals surface area contributed by atoms with E-state index in [2.05, 4.69) is 17.3 Å². The molecule has 0 saturated carbocycles. The van der Waals surface area contributed by atoms with Crippen molar-refractivity contribution in [2.24, 2.45) is 11.7 Å². The van der Waals surface area contributed by atoms with Gasteiger partial charge in [0.1, 0.15) is 18.2 Å². The van der Waals surface area contributed by atoms with Gasteiger partial charge in [-0.1, -0.05) is 0 Å². The number of nitrogens with zero attached hydrogens (tertiary/aromatic N) is 2. The Balaban J connectivity index is 2.82. The van der Waals surface area contributed by atoms with Gasteiger partial charge in [0, 0.05) is 0 Å². The lowest BCUT2D eigenvalue weighted by Crippen LogP contribution is -2.61. The highest BCUT2D eigenvalue weighted by atomic mass is 32.1. The van der Waals surface area contributed by atoms with Crippen LogP contribution in [0.4, 0.5) is 13.2 Å². The number of hydrogen-bond acceptors (Lipinski definition) is 4. The fraction of sp³-hybridized carbons (Fsp3) is 0.818. The molecule has 122 valence electrons. The summed E-state index contributed by atoms with van der Waals surface area (Å²) in [6.07, 6.45) is -8.36. The first-order valence-electron chi connectivity index (χ1n) is 6.13. The summed E-state index contributed by atoms with van der Waals surface area (Å²) < 4.78 is 46.5. The predicted octanol–water partition coefficient (Wildman–Crippen LogP) is -1.40. The first kappa shape index (κ1) is 18.3. The number of aliphatic hydroxyl groups is 2. The highest BCUT2D eigenvalue weighted by molar-refractivity contribution is 7.96. The van der Waals surface area contributed by atoms with Crippen LogP contribution in [0.2, 0.25) is 0 Å². The van der Waals surface area contributed by atoms with Crippen LogP contribution in [0.5, 0.6) is 0 Å². The fourth-order valence-corrected chi connectivity index (χ4v) is 1.85. The highest BCUT2D eigenvalue weighted by Crippen LogP contribution is 2.28. The standard InChI is InChI=1S/C11H18F3N3O3S/c1-17(2)10(21)16-3-5-4-20-8(7(19)6(5)18)9(15)11(12,13)14/h3,5-9,18-19H,4,15H2,1-2H3/p+1. The molecule has 5 unspecified atom stereocenters. The van der Waals surface area contributed by atoms with Crippen LogP contribution < -0.4 is 10.4 Å². The van der Waals surface area contributed by atoms with Crippen LogP contribution in [0.15, 0.2) is 0 Å². The maximum atomic E-state index is 12.5. The SMILES string of the molecule is CN(C)C(S)=[N+]=CC1COC(C(N)C(F)(F)F)C(O)C1O. The molecule has 6 nitrogen and oxygen atoms in total. The number of rotatable bonds is 2. The van der Waals surface area contributed by atoms with E-state index in [1.54, 1.807) is 19.0 Å². The van der Waals surface area contributed by atoms with E-state index in [4.69, 9.17) is 10.5 Å². The molecule has 1 rings (SSSR count). The molecule has 0 amide bonds. The Labute approximate surface area is 125 Å². The van der Waals surface area contributed by atoms with Gasteiger partial charge in [-0.3, -0.25) is 0 Å². The van der Waals surface area contributed by atoms with Gasteiger partial charge in [-0.2, -0.15) is 13.2 Å². The third-order valence-electron chi connectivity index (χ3n) is 3.12. The van der Waals surface area contributed by atoms with Gasteiger partial charge in [0.05, 0.1) is 32.7 Å².